The third-order valence-corrected chi connectivity index (χ3v) is 4.13. The largest absolute Gasteiger partial charge is 0.369 e. The van der Waals surface area contributed by atoms with Gasteiger partial charge in [-0.2, -0.15) is 0 Å². The van der Waals surface area contributed by atoms with E-state index in [9.17, 15) is 0 Å². The molecule has 0 amide bonds. The molecule has 2 rings (SSSR count). The molecule has 1 N–H and O–H groups in total. The van der Waals surface area contributed by atoms with Gasteiger partial charge in [-0.3, -0.25) is 4.90 Å². The topological polar surface area (TPSA) is 18.5 Å². The SMILES string of the molecule is Cc1cccc(N2CCN(C(C)CNC(C)C)CC2)c1. The smallest absolute Gasteiger partial charge is 0.0369 e. The van der Waals surface area contributed by atoms with Gasteiger partial charge in [0.05, 0.1) is 0 Å². The van der Waals surface area contributed by atoms with Gasteiger partial charge in [0.15, 0.2) is 0 Å². The molecule has 1 aliphatic rings. The Morgan fingerprint density at radius 2 is 1.80 bits per heavy atom. The van der Waals surface area contributed by atoms with Gasteiger partial charge in [0.1, 0.15) is 0 Å². The highest BCUT2D eigenvalue weighted by atomic mass is 15.3. The standard InChI is InChI=1S/C17H29N3/c1-14(2)18-13-16(4)19-8-10-20(11-9-19)17-7-5-6-15(3)12-17/h5-7,12,14,16,18H,8-11,13H2,1-4H3. The molecule has 112 valence electrons. The van der Waals surface area contributed by atoms with Gasteiger partial charge < -0.3 is 10.2 Å². The van der Waals surface area contributed by atoms with Crippen LogP contribution in [0.1, 0.15) is 26.3 Å². The molecular formula is C17H29N3. The first-order chi connectivity index (χ1) is 9.56. The Balaban J connectivity index is 1.83. The third kappa shape index (κ3) is 4.22. The molecule has 1 aromatic rings. The maximum Gasteiger partial charge on any atom is 0.0369 e. The quantitative estimate of drug-likeness (QED) is 0.891. The zero-order valence-corrected chi connectivity index (χ0v) is 13.4. The predicted molar refractivity (Wildman–Crippen MR) is 87.6 cm³/mol. The second kappa shape index (κ2) is 7.09. The number of nitrogens with zero attached hydrogens (tertiary/aromatic N) is 2. The molecule has 1 fully saturated rings. The molecule has 3 heteroatoms. The van der Waals surface area contributed by atoms with E-state index in [0.717, 1.165) is 32.7 Å². The number of benzene rings is 1. The highest BCUT2D eigenvalue weighted by molar-refractivity contribution is 5.48. The van der Waals surface area contributed by atoms with Crippen molar-refractivity contribution < 1.29 is 0 Å². The van der Waals surface area contributed by atoms with Crippen LogP contribution in [0.2, 0.25) is 0 Å². The molecule has 1 aliphatic heterocycles. The van der Waals surface area contributed by atoms with Gasteiger partial charge >= 0.3 is 0 Å². The molecule has 0 aromatic heterocycles. The molecule has 1 heterocycles. The van der Waals surface area contributed by atoms with Gasteiger partial charge in [-0.25, -0.2) is 0 Å². The maximum atomic E-state index is 3.54. The number of anilines is 1. The van der Waals surface area contributed by atoms with Gasteiger partial charge in [-0.1, -0.05) is 26.0 Å². The lowest BCUT2D eigenvalue weighted by Crippen LogP contribution is -2.52. The molecule has 3 nitrogen and oxygen atoms in total. The molecule has 1 aromatic carbocycles. The number of hydrogen-bond acceptors (Lipinski definition) is 3. The van der Waals surface area contributed by atoms with E-state index in [1.54, 1.807) is 0 Å². The fraction of sp³-hybridized carbons (Fsp3) is 0.647. The van der Waals surface area contributed by atoms with Crippen molar-refractivity contribution in [2.75, 3.05) is 37.6 Å². The molecule has 0 spiro atoms. The summed E-state index contributed by atoms with van der Waals surface area (Å²) in [5, 5.41) is 3.54. The second-order valence-electron chi connectivity index (χ2n) is 6.27. The van der Waals surface area contributed by atoms with Crippen molar-refractivity contribution in [1.82, 2.24) is 10.2 Å². The fourth-order valence-corrected chi connectivity index (χ4v) is 2.78. The minimum absolute atomic E-state index is 0.575. The lowest BCUT2D eigenvalue weighted by atomic mass is 10.1. The fourth-order valence-electron chi connectivity index (χ4n) is 2.78. The first-order valence-electron chi connectivity index (χ1n) is 7.85. The molecule has 1 saturated heterocycles. The van der Waals surface area contributed by atoms with Crippen LogP contribution >= 0.6 is 0 Å². The van der Waals surface area contributed by atoms with Crippen LogP contribution in [0.15, 0.2) is 24.3 Å². The Morgan fingerprint density at radius 1 is 1.10 bits per heavy atom. The van der Waals surface area contributed by atoms with Crippen molar-refractivity contribution in [1.29, 1.82) is 0 Å². The minimum Gasteiger partial charge on any atom is -0.369 e. The number of piperazine rings is 1. The number of hydrogen-bond donors (Lipinski definition) is 1. The second-order valence-corrected chi connectivity index (χ2v) is 6.27. The number of rotatable bonds is 5. The monoisotopic (exact) mass is 275 g/mol. The molecule has 1 unspecified atom stereocenters. The van der Waals surface area contributed by atoms with E-state index in [1.807, 2.05) is 0 Å². The van der Waals surface area contributed by atoms with Crippen molar-refractivity contribution in [2.24, 2.45) is 0 Å². The highest BCUT2D eigenvalue weighted by Crippen LogP contribution is 2.18. The lowest BCUT2D eigenvalue weighted by Gasteiger charge is -2.39. The van der Waals surface area contributed by atoms with Crippen LogP contribution in [-0.4, -0.2) is 49.7 Å². The van der Waals surface area contributed by atoms with Crippen molar-refractivity contribution in [3.8, 4) is 0 Å². The van der Waals surface area contributed by atoms with Crippen LogP contribution in [-0.2, 0) is 0 Å². The first-order valence-corrected chi connectivity index (χ1v) is 7.85. The zero-order valence-electron chi connectivity index (χ0n) is 13.4. The average molecular weight is 275 g/mol. The van der Waals surface area contributed by atoms with Gasteiger partial charge in [0.2, 0.25) is 0 Å². The van der Waals surface area contributed by atoms with E-state index < -0.39 is 0 Å². The summed E-state index contributed by atoms with van der Waals surface area (Å²) in [6.45, 7) is 14.6. The Kier molecular flexibility index (Phi) is 5.44. The zero-order chi connectivity index (χ0) is 14.5. The summed E-state index contributed by atoms with van der Waals surface area (Å²) in [4.78, 5) is 5.10. The van der Waals surface area contributed by atoms with Crippen LogP contribution in [0.4, 0.5) is 5.69 Å². The molecule has 1 atom stereocenters. The minimum atomic E-state index is 0.575. The summed E-state index contributed by atoms with van der Waals surface area (Å²) in [5.74, 6) is 0. The number of aryl methyl sites for hydroxylation is 1. The molecule has 20 heavy (non-hydrogen) atoms. The summed E-state index contributed by atoms with van der Waals surface area (Å²) < 4.78 is 0. The lowest BCUT2D eigenvalue weighted by molar-refractivity contribution is 0.191. The Labute approximate surface area is 124 Å². The van der Waals surface area contributed by atoms with Crippen molar-refractivity contribution >= 4 is 5.69 Å². The van der Waals surface area contributed by atoms with Crippen LogP contribution in [0.25, 0.3) is 0 Å². The van der Waals surface area contributed by atoms with Gasteiger partial charge in [-0.15, -0.1) is 0 Å². The summed E-state index contributed by atoms with van der Waals surface area (Å²) in [6.07, 6.45) is 0. The van der Waals surface area contributed by atoms with E-state index in [-0.39, 0.29) is 0 Å². The van der Waals surface area contributed by atoms with Crippen molar-refractivity contribution in [3.05, 3.63) is 29.8 Å². The molecule has 0 saturated carbocycles. The summed E-state index contributed by atoms with van der Waals surface area (Å²) in [6, 6.07) is 10.0. The third-order valence-electron chi connectivity index (χ3n) is 4.13. The summed E-state index contributed by atoms with van der Waals surface area (Å²) in [5.41, 5.74) is 2.72. The van der Waals surface area contributed by atoms with Crippen molar-refractivity contribution in [2.45, 2.75) is 39.8 Å². The summed E-state index contributed by atoms with van der Waals surface area (Å²) in [7, 11) is 0. The van der Waals surface area contributed by atoms with Crippen LogP contribution in [0.3, 0.4) is 0 Å². The molecule has 0 radical (unpaired) electrons. The maximum absolute atomic E-state index is 3.54. The average Bonchev–Trinajstić information content (AvgIpc) is 2.45. The van der Waals surface area contributed by atoms with Crippen LogP contribution in [0, 0.1) is 6.92 Å². The first kappa shape index (κ1) is 15.3. The highest BCUT2D eigenvalue weighted by Gasteiger charge is 2.21. The Morgan fingerprint density at radius 3 is 2.40 bits per heavy atom. The van der Waals surface area contributed by atoms with Gasteiger partial charge in [0.25, 0.3) is 0 Å². The van der Waals surface area contributed by atoms with E-state index in [0.29, 0.717) is 12.1 Å². The summed E-state index contributed by atoms with van der Waals surface area (Å²) >= 11 is 0. The molecular weight excluding hydrogens is 246 g/mol. The van der Waals surface area contributed by atoms with E-state index in [4.69, 9.17) is 0 Å². The predicted octanol–water partition coefficient (Wildman–Crippen LogP) is 2.50. The van der Waals surface area contributed by atoms with Crippen LogP contribution in [0.5, 0.6) is 0 Å². The Bertz CT molecular complexity index is 408. The van der Waals surface area contributed by atoms with Crippen LogP contribution < -0.4 is 10.2 Å². The molecule has 0 bridgehead atoms. The number of nitrogens with one attached hydrogen (secondary N) is 1. The van der Waals surface area contributed by atoms with E-state index in [2.05, 4.69) is 67.1 Å². The van der Waals surface area contributed by atoms with E-state index in [1.165, 1.54) is 11.3 Å². The normalized spacial score (nSPS) is 18.6. The van der Waals surface area contributed by atoms with Crippen molar-refractivity contribution in [3.63, 3.8) is 0 Å². The molecule has 0 aliphatic carbocycles. The van der Waals surface area contributed by atoms with Gasteiger partial charge in [-0.05, 0) is 31.5 Å². The van der Waals surface area contributed by atoms with E-state index >= 15 is 0 Å². The van der Waals surface area contributed by atoms with Gasteiger partial charge in [0, 0.05) is 50.5 Å². The Hall–Kier alpha value is -1.06.